The summed E-state index contributed by atoms with van der Waals surface area (Å²) in [6.45, 7) is 4.24. The van der Waals surface area contributed by atoms with Gasteiger partial charge in [0.2, 0.25) is 5.56 Å². The van der Waals surface area contributed by atoms with Crippen molar-refractivity contribution in [2.24, 2.45) is 0 Å². The molecule has 0 saturated carbocycles. The van der Waals surface area contributed by atoms with E-state index in [2.05, 4.69) is 22.0 Å². The first-order valence-electron chi connectivity index (χ1n) is 8.56. The van der Waals surface area contributed by atoms with Gasteiger partial charge in [-0.15, -0.1) is 0 Å². The van der Waals surface area contributed by atoms with Crippen molar-refractivity contribution in [2.75, 3.05) is 32.7 Å². The molecule has 0 radical (unpaired) electrons. The quantitative estimate of drug-likeness (QED) is 0.892. The van der Waals surface area contributed by atoms with E-state index < -0.39 is 0 Å². The molecule has 0 atom stereocenters. The van der Waals surface area contributed by atoms with Crippen LogP contribution in [-0.4, -0.2) is 53.4 Å². The van der Waals surface area contributed by atoms with Gasteiger partial charge in [0.25, 0.3) is 5.91 Å². The number of H-pyrrole nitrogens is 1. The van der Waals surface area contributed by atoms with E-state index in [1.165, 1.54) is 17.8 Å². The van der Waals surface area contributed by atoms with Crippen molar-refractivity contribution in [3.8, 4) is 0 Å². The average Bonchev–Trinajstić information content (AvgIpc) is 2.64. The molecule has 2 aromatic rings. The van der Waals surface area contributed by atoms with Gasteiger partial charge in [0.1, 0.15) is 0 Å². The minimum atomic E-state index is -0.193. The summed E-state index contributed by atoms with van der Waals surface area (Å²) in [5.41, 5.74) is 1.65. The first-order valence-corrected chi connectivity index (χ1v) is 8.94. The molecule has 1 aliphatic heterocycles. The Kier molecular flexibility index (Phi) is 5.89. The second-order valence-corrected chi connectivity index (χ2v) is 6.74. The van der Waals surface area contributed by atoms with Gasteiger partial charge in [-0.3, -0.25) is 14.5 Å². The SMILES string of the molecule is O=C(c1ccc(=O)[nH]c1)N1CCN(CCCc2ccc(Cl)cc2)CC1. The van der Waals surface area contributed by atoms with E-state index in [0.29, 0.717) is 5.56 Å². The third-order valence-corrected chi connectivity index (χ3v) is 4.80. The largest absolute Gasteiger partial charge is 0.336 e. The third kappa shape index (κ3) is 4.94. The zero-order valence-electron chi connectivity index (χ0n) is 14.1. The Bertz CT molecular complexity index is 744. The lowest BCUT2D eigenvalue weighted by molar-refractivity contribution is 0.0635. The normalized spacial score (nSPS) is 15.3. The number of aromatic nitrogens is 1. The second kappa shape index (κ2) is 8.32. The molecule has 132 valence electrons. The summed E-state index contributed by atoms with van der Waals surface area (Å²) in [5, 5.41) is 0.770. The topological polar surface area (TPSA) is 56.4 Å². The number of nitrogens with one attached hydrogen (secondary N) is 1. The van der Waals surface area contributed by atoms with Crippen LogP contribution in [0.1, 0.15) is 22.3 Å². The van der Waals surface area contributed by atoms with Gasteiger partial charge in [-0.25, -0.2) is 0 Å². The molecule has 1 N–H and O–H groups in total. The van der Waals surface area contributed by atoms with Crippen molar-refractivity contribution in [2.45, 2.75) is 12.8 Å². The lowest BCUT2D eigenvalue weighted by Crippen LogP contribution is -2.48. The monoisotopic (exact) mass is 359 g/mol. The minimum absolute atomic E-state index is 0.0166. The van der Waals surface area contributed by atoms with E-state index in [0.717, 1.165) is 50.6 Å². The van der Waals surface area contributed by atoms with E-state index >= 15 is 0 Å². The number of halogens is 1. The molecule has 25 heavy (non-hydrogen) atoms. The zero-order chi connectivity index (χ0) is 17.6. The van der Waals surface area contributed by atoms with Crippen LogP contribution in [-0.2, 0) is 6.42 Å². The van der Waals surface area contributed by atoms with Crippen molar-refractivity contribution in [1.82, 2.24) is 14.8 Å². The van der Waals surface area contributed by atoms with Gasteiger partial charge in [-0.2, -0.15) is 0 Å². The number of benzene rings is 1. The molecule has 2 heterocycles. The number of nitrogens with zero attached hydrogens (tertiary/aromatic N) is 2. The molecule has 3 rings (SSSR count). The Hall–Kier alpha value is -2.11. The number of carbonyl (C=O) groups is 1. The maximum atomic E-state index is 12.4. The maximum Gasteiger partial charge on any atom is 0.255 e. The number of carbonyl (C=O) groups excluding carboxylic acids is 1. The Labute approximate surface area is 152 Å². The first kappa shape index (κ1) is 17.7. The average molecular weight is 360 g/mol. The number of hydrogen-bond acceptors (Lipinski definition) is 3. The van der Waals surface area contributed by atoms with Crippen LogP contribution in [0.25, 0.3) is 0 Å². The summed E-state index contributed by atoms with van der Waals surface area (Å²) in [6, 6.07) is 11.0. The van der Waals surface area contributed by atoms with E-state index in [9.17, 15) is 9.59 Å². The summed E-state index contributed by atoms with van der Waals surface area (Å²) in [6.07, 6.45) is 3.62. The number of aryl methyl sites for hydroxylation is 1. The summed E-state index contributed by atoms with van der Waals surface area (Å²) in [4.78, 5) is 30.3. The van der Waals surface area contributed by atoms with E-state index in [1.807, 2.05) is 17.0 Å². The molecule has 1 aromatic heterocycles. The number of amides is 1. The third-order valence-electron chi connectivity index (χ3n) is 4.54. The molecule has 0 unspecified atom stereocenters. The van der Waals surface area contributed by atoms with E-state index in [1.54, 1.807) is 6.07 Å². The lowest BCUT2D eigenvalue weighted by Gasteiger charge is -2.34. The first-order chi connectivity index (χ1) is 12.1. The summed E-state index contributed by atoms with van der Waals surface area (Å²) in [5.74, 6) is -0.0166. The predicted octanol–water partition coefficient (Wildman–Crippen LogP) is 2.42. The zero-order valence-corrected chi connectivity index (χ0v) is 14.8. The number of rotatable bonds is 5. The standard InChI is InChI=1S/C19H22ClN3O2/c20-17-6-3-15(4-7-17)2-1-9-22-10-12-23(13-11-22)19(25)16-5-8-18(24)21-14-16/h3-8,14H,1-2,9-13H2,(H,21,24). The van der Waals surface area contributed by atoms with Crippen LogP contribution in [0.5, 0.6) is 0 Å². The Balaban J connectivity index is 1.42. The van der Waals surface area contributed by atoms with Crippen LogP contribution in [0.3, 0.4) is 0 Å². The molecule has 5 nitrogen and oxygen atoms in total. The molecule has 1 fully saturated rings. The van der Waals surface area contributed by atoms with Crippen LogP contribution in [0.15, 0.2) is 47.4 Å². The molecule has 6 heteroatoms. The van der Waals surface area contributed by atoms with Gasteiger partial charge in [-0.05, 0) is 43.1 Å². The van der Waals surface area contributed by atoms with Crippen LogP contribution < -0.4 is 5.56 Å². The number of piperazine rings is 1. The Morgan fingerprint density at radius 3 is 2.40 bits per heavy atom. The Morgan fingerprint density at radius 2 is 1.76 bits per heavy atom. The van der Waals surface area contributed by atoms with Gasteiger partial charge in [0.05, 0.1) is 5.56 Å². The van der Waals surface area contributed by atoms with Gasteiger partial charge >= 0.3 is 0 Å². The highest BCUT2D eigenvalue weighted by Gasteiger charge is 2.21. The predicted molar refractivity (Wildman–Crippen MR) is 99.2 cm³/mol. The Morgan fingerprint density at radius 1 is 1.04 bits per heavy atom. The van der Waals surface area contributed by atoms with Crippen molar-refractivity contribution < 1.29 is 4.79 Å². The highest BCUT2D eigenvalue weighted by molar-refractivity contribution is 6.30. The molecule has 0 aliphatic carbocycles. The van der Waals surface area contributed by atoms with Crippen molar-refractivity contribution in [3.05, 3.63) is 69.1 Å². The minimum Gasteiger partial charge on any atom is -0.336 e. The molecular weight excluding hydrogens is 338 g/mol. The van der Waals surface area contributed by atoms with E-state index in [4.69, 9.17) is 11.6 Å². The molecule has 0 spiro atoms. The molecule has 1 saturated heterocycles. The fourth-order valence-corrected chi connectivity index (χ4v) is 3.18. The van der Waals surface area contributed by atoms with Crippen molar-refractivity contribution in [1.29, 1.82) is 0 Å². The van der Waals surface area contributed by atoms with Crippen LogP contribution >= 0.6 is 11.6 Å². The smallest absolute Gasteiger partial charge is 0.255 e. The molecule has 1 aromatic carbocycles. The van der Waals surface area contributed by atoms with Crippen LogP contribution in [0.4, 0.5) is 0 Å². The molecule has 1 aliphatic rings. The van der Waals surface area contributed by atoms with Crippen LogP contribution in [0, 0.1) is 0 Å². The fourth-order valence-electron chi connectivity index (χ4n) is 3.06. The highest BCUT2D eigenvalue weighted by atomic mass is 35.5. The summed E-state index contributed by atoms with van der Waals surface area (Å²) < 4.78 is 0. The van der Waals surface area contributed by atoms with E-state index in [-0.39, 0.29) is 11.5 Å². The number of hydrogen-bond donors (Lipinski definition) is 1. The van der Waals surface area contributed by atoms with Gasteiger partial charge in [0, 0.05) is 43.5 Å². The molecular formula is C19H22ClN3O2. The summed E-state index contributed by atoms with van der Waals surface area (Å²) in [7, 11) is 0. The van der Waals surface area contributed by atoms with Gasteiger partial charge in [-0.1, -0.05) is 23.7 Å². The molecule has 0 bridgehead atoms. The summed E-state index contributed by atoms with van der Waals surface area (Å²) >= 11 is 5.90. The molecule has 1 amide bonds. The maximum absolute atomic E-state index is 12.4. The van der Waals surface area contributed by atoms with Crippen LogP contribution in [0.2, 0.25) is 5.02 Å². The van der Waals surface area contributed by atoms with Crippen molar-refractivity contribution in [3.63, 3.8) is 0 Å². The highest BCUT2D eigenvalue weighted by Crippen LogP contribution is 2.12. The number of aromatic amines is 1. The van der Waals surface area contributed by atoms with Gasteiger partial charge < -0.3 is 9.88 Å². The van der Waals surface area contributed by atoms with Crippen molar-refractivity contribution >= 4 is 17.5 Å². The second-order valence-electron chi connectivity index (χ2n) is 6.31. The number of pyridine rings is 1. The lowest BCUT2D eigenvalue weighted by atomic mass is 10.1. The fraction of sp³-hybridized carbons (Fsp3) is 0.368. The van der Waals surface area contributed by atoms with Gasteiger partial charge in [0.15, 0.2) is 0 Å².